The molecule has 70 valence electrons. The Kier molecular flexibility index (Phi) is 2.35. The second-order valence-electron chi connectivity index (χ2n) is 4.15. The molecule has 2 heterocycles. The smallest absolute Gasteiger partial charge is 0.0793 e. The molecule has 3 heteroatoms. The van der Waals surface area contributed by atoms with Crippen LogP contribution < -0.4 is 0 Å². The molecular weight excluding hydrogens is 152 g/mol. The molecular formula is C9H18N2O. The Morgan fingerprint density at radius 3 is 2.67 bits per heavy atom. The molecule has 0 saturated carbocycles. The van der Waals surface area contributed by atoms with Crippen molar-refractivity contribution in [2.24, 2.45) is 0 Å². The van der Waals surface area contributed by atoms with Gasteiger partial charge >= 0.3 is 0 Å². The fourth-order valence-electron chi connectivity index (χ4n) is 2.20. The van der Waals surface area contributed by atoms with Crippen molar-refractivity contribution in [2.75, 3.05) is 33.2 Å². The molecule has 0 spiro atoms. The van der Waals surface area contributed by atoms with Crippen LogP contribution in [0.2, 0.25) is 0 Å². The van der Waals surface area contributed by atoms with E-state index in [0.717, 1.165) is 25.7 Å². The van der Waals surface area contributed by atoms with Gasteiger partial charge in [0.2, 0.25) is 0 Å². The second-order valence-corrected chi connectivity index (χ2v) is 4.15. The molecule has 2 rings (SSSR count). The third-order valence-corrected chi connectivity index (χ3v) is 3.08. The highest BCUT2D eigenvalue weighted by molar-refractivity contribution is 4.85. The predicted molar refractivity (Wildman–Crippen MR) is 48.1 cm³/mol. The van der Waals surface area contributed by atoms with Crippen LogP contribution in [0, 0.1) is 0 Å². The van der Waals surface area contributed by atoms with Crippen molar-refractivity contribution in [1.82, 2.24) is 9.80 Å². The highest BCUT2D eigenvalue weighted by atomic mass is 16.3. The molecule has 2 fully saturated rings. The molecule has 0 bridgehead atoms. The van der Waals surface area contributed by atoms with Crippen molar-refractivity contribution in [1.29, 1.82) is 0 Å². The average Bonchev–Trinajstić information content (AvgIpc) is 2.33. The fourth-order valence-corrected chi connectivity index (χ4v) is 2.20. The summed E-state index contributed by atoms with van der Waals surface area (Å²) in [7, 11) is 2.20. The Bertz CT molecular complexity index is 157. The molecule has 1 N–H and O–H groups in total. The Morgan fingerprint density at radius 1 is 1.42 bits per heavy atom. The first-order chi connectivity index (χ1) is 5.75. The third kappa shape index (κ3) is 1.63. The van der Waals surface area contributed by atoms with Crippen LogP contribution in [0.5, 0.6) is 0 Å². The summed E-state index contributed by atoms with van der Waals surface area (Å²) in [6.45, 7) is 4.20. The first-order valence-corrected chi connectivity index (χ1v) is 4.86. The van der Waals surface area contributed by atoms with E-state index >= 15 is 0 Å². The zero-order valence-corrected chi connectivity index (χ0v) is 7.74. The Labute approximate surface area is 74.0 Å². The van der Waals surface area contributed by atoms with E-state index in [1.165, 1.54) is 19.4 Å². The monoisotopic (exact) mass is 170 g/mol. The van der Waals surface area contributed by atoms with Gasteiger partial charge in [-0.05, 0) is 26.4 Å². The lowest BCUT2D eigenvalue weighted by Gasteiger charge is -2.38. The molecule has 1 unspecified atom stereocenters. The summed E-state index contributed by atoms with van der Waals surface area (Å²) in [5.41, 5.74) is 0. The fraction of sp³-hybridized carbons (Fsp3) is 1.00. The largest absolute Gasteiger partial charge is 0.390 e. The number of rotatable bonds is 2. The van der Waals surface area contributed by atoms with Gasteiger partial charge in [0.1, 0.15) is 0 Å². The van der Waals surface area contributed by atoms with Gasteiger partial charge in [0.05, 0.1) is 6.10 Å². The minimum atomic E-state index is -0.0447. The van der Waals surface area contributed by atoms with Crippen LogP contribution in [-0.2, 0) is 0 Å². The molecule has 0 radical (unpaired) electrons. The third-order valence-electron chi connectivity index (χ3n) is 3.08. The van der Waals surface area contributed by atoms with Gasteiger partial charge in [-0.3, -0.25) is 4.90 Å². The van der Waals surface area contributed by atoms with Gasteiger partial charge < -0.3 is 10.0 Å². The Hall–Kier alpha value is -0.120. The number of hydrogen-bond donors (Lipinski definition) is 1. The van der Waals surface area contributed by atoms with E-state index in [4.69, 9.17) is 5.11 Å². The van der Waals surface area contributed by atoms with Crippen molar-refractivity contribution < 1.29 is 5.11 Å². The molecule has 0 aromatic carbocycles. The molecule has 3 nitrogen and oxygen atoms in total. The SMILES string of the molecule is CN1CCCC1CN1CC(O)C1. The number of hydrogen-bond acceptors (Lipinski definition) is 3. The molecule has 2 aliphatic heterocycles. The number of likely N-dealkylation sites (N-methyl/N-ethyl adjacent to an activating group) is 1. The number of β-amino-alcohol motifs (C(OH)–C–C–N with tert-alkyl or cyclic N) is 1. The molecule has 2 aliphatic rings. The Balaban J connectivity index is 1.72. The standard InChI is InChI=1S/C9H18N2O/c1-10-4-2-3-8(10)5-11-6-9(12)7-11/h8-9,12H,2-7H2,1H3. The average molecular weight is 170 g/mol. The van der Waals surface area contributed by atoms with Crippen LogP contribution in [0.4, 0.5) is 0 Å². The van der Waals surface area contributed by atoms with Gasteiger partial charge in [0, 0.05) is 25.7 Å². The first-order valence-electron chi connectivity index (χ1n) is 4.86. The van der Waals surface area contributed by atoms with E-state index in [9.17, 15) is 0 Å². The van der Waals surface area contributed by atoms with Gasteiger partial charge in [-0.2, -0.15) is 0 Å². The minimum Gasteiger partial charge on any atom is -0.390 e. The molecule has 2 saturated heterocycles. The van der Waals surface area contributed by atoms with Crippen molar-refractivity contribution in [3.8, 4) is 0 Å². The topological polar surface area (TPSA) is 26.7 Å². The van der Waals surface area contributed by atoms with Gasteiger partial charge in [0.25, 0.3) is 0 Å². The molecule has 12 heavy (non-hydrogen) atoms. The van der Waals surface area contributed by atoms with E-state index in [1.807, 2.05) is 0 Å². The molecule has 0 amide bonds. The first kappa shape index (κ1) is 8.48. The zero-order chi connectivity index (χ0) is 8.55. The summed E-state index contributed by atoms with van der Waals surface area (Å²) in [6, 6.07) is 0.748. The summed E-state index contributed by atoms with van der Waals surface area (Å²) in [5.74, 6) is 0. The van der Waals surface area contributed by atoms with E-state index in [2.05, 4.69) is 16.8 Å². The number of likely N-dealkylation sites (tertiary alicyclic amines) is 2. The number of aliphatic hydroxyl groups excluding tert-OH is 1. The van der Waals surface area contributed by atoms with Crippen LogP contribution in [0.1, 0.15) is 12.8 Å². The van der Waals surface area contributed by atoms with E-state index in [1.54, 1.807) is 0 Å². The van der Waals surface area contributed by atoms with E-state index < -0.39 is 0 Å². The molecule has 0 aromatic rings. The predicted octanol–water partition coefficient (Wildman–Crippen LogP) is -0.243. The summed E-state index contributed by atoms with van der Waals surface area (Å²) >= 11 is 0. The maximum atomic E-state index is 9.10. The van der Waals surface area contributed by atoms with Gasteiger partial charge in [-0.1, -0.05) is 0 Å². The lowest BCUT2D eigenvalue weighted by atomic mass is 10.1. The lowest BCUT2D eigenvalue weighted by molar-refractivity contribution is -0.00827. The molecule has 1 atom stereocenters. The summed E-state index contributed by atoms with van der Waals surface area (Å²) in [5, 5.41) is 9.10. The zero-order valence-electron chi connectivity index (χ0n) is 7.74. The van der Waals surface area contributed by atoms with Crippen LogP contribution in [0.15, 0.2) is 0 Å². The normalized spacial score (nSPS) is 34.0. The van der Waals surface area contributed by atoms with Crippen LogP contribution >= 0.6 is 0 Å². The van der Waals surface area contributed by atoms with Crippen molar-refractivity contribution in [3.63, 3.8) is 0 Å². The highest BCUT2D eigenvalue weighted by Gasteiger charge is 2.29. The summed E-state index contributed by atoms with van der Waals surface area (Å²) in [4.78, 5) is 4.78. The van der Waals surface area contributed by atoms with Crippen molar-refractivity contribution in [2.45, 2.75) is 25.0 Å². The van der Waals surface area contributed by atoms with Crippen LogP contribution in [-0.4, -0.2) is 60.3 Å². The van der Waals surface area contributed by atoms with E-state index in [0.29, 0.717) is 0 Å². The van der Waals surface area contributed by atoms with Gasteiger partial charge in [-0.15, -0.1) is 0 Å². The maximum absolute atomic E-state index is 9.10. The quantitative estimate of drug-likeness (QED) is 0.619. The van der Waals surface area contributed by atoms with Gasteiger partial charge in [-0.25, -0.2) is 0 Å². The van der Waals surface area contributed by atoms with Crippen molar-refractivity contribution in [3.05, 3.63) is 0 Å². The van der Waals surface area contributed by atoms with E-state index in [-0.39, 0.29) is 6.10 Å². The van der Waals surface area contributed by atoms with Gasteiger partial charge in [0.15, 0.2) is 0 Å². The highest BCUT2D eigenvalue weighted by Crippen LogP contribution is 2.18. The van der Waals surface area contributed by atoms with Crippen molar-refractivity contribution >= 4 is 0 Å². The maximum Gasteiger partial charge on any atom is 0.0793 e. The molecule has 0 aliphatic carbocycles. The van der Waals surface area contributed by atoms with Crippen LogP contribution in [0.3, 0.4) is 0 Å². The van der Waals surface area contributed by atoms with Crippen LogP contribution in [0.25, 0.3) is 0 Å². The summed E-state index contributed by atoms with van der Waals surface area (Å²) < 4.78 is 0. The second kappa shape index (κ2) is 3.32. The lowest BCUT2D eigenvalue weighted by Crippen LogP contribution is -2.54. The molecule has 0 aromatic heterocycles. The minimum absolute atomic E-state index is 0.0447. The summed E-state index contributed by atoms with van der Waals surface area (Å²) in [6.07, 6.45) is 2.64. The number of aliphatic hydroxyl groups is 1. The number of nitrogens with zero attached hydrogens (tertiary/aromatic N) is 2. The Morgan fingerprint density at radius 2 is 2.17 bits per heavy atom.